The summed E-state index contributed by atoms with van der Waals surface area (Å²) in [4.78, 5) is 57.1. The number of amides is 3. The Kier molecular flexibility index (Phi) is 8.58. The molecule has 1 aliphatic rings. The summed E-state index contributed by atoms with van der Waals surface area (Å²) in [6.45, 7) is 3.36. The van der Waals surface area contributed by atoms with Crippen molar-refractivity contribution in [2.75, 3.05) is 29.3 Å². The molecule has 2 N–H and O–H groups in total. The number of esters is 1. The molecule has 0 atom stereocenters. The molecule has 9 nitrogen and oxygen atoms in total. The van der Waals surface area contributed by atoms with Crippen LogP contribution in [-0.4, -0.2) is 42.7 Å². The average molecular weight is 592 g/mol. The van der Waals surface area contributed by atoms with Gasteiger partial charge in [0.15, 0.2) is 0 Å². The number of fused-ring (bicyclic) bond motifs is 1. The number of imide groups is 1. The Morgan fingerprint density at radius 2 is 1.67 bits per heavy atom. The van der Waals surface area contributed by atoms with Gasteiger partial charge in [-0.25, -0.2) is 15.2 Å². The second kappa shape index (κ2) is 12.1. The van der Waals surface area contributed by atoms with Crippen molar-refractivity contribution < 1.29 is 28.8 Å². The van der Waals surface area contributed by atoms with Crippen molar-refractivity contribution in [3.05, 3.63) is 94.5 Å². The summed E-state index contributed by atoms with van der Waals surface area (Å²) in [5.41, 5.74) is 6.49. The van der Waals surface area contributed by atoms with Gasteiger partial charge in [-0.3, -0.25) is 19.2 Å². The van der Waals surface area contributed by atoms with E-state index in [1.165, 1.54) is 20.1 Å². The highest BCUT2D eigenvalue weighted by Crippen LogP contribution is 2.42. The Labute approximate surface area is 233 Å². The number of nitrogens with zero attached hydrogens (tertiary/aromatic N) is 1. The number of hydrogen-bond donors (Lipinski definition) is 2. The standard InChI is InChI=1S/C29H26BrN3O6/c1-17-15-23-24(16-22(17)29(37)38-3)33(18(2)34)28(36)25(23)26(19-7-5-4-6-8-19)31-21-11-9-20(10-12-21)27(35)32-39-14-13-30/h4-12,15-16,31H,13-14H2,1-3H3,(H,32,35)/b26-25-. The Morgan fingerprint density at radius 3 is 2.28 bits per heavy atom. The number of hydroxylamine groups is 1. The number of benzene rings is 3. The number of nitrogens with one attached hydrogen (secondary N) is 2. The van der Waals surface area contributed by atoms with E-state index in [2.05, 4.69) is 26.7 Å². The summed E-state index contributed by atoms with van der Waals surface area (Å²) >= 11 is 3.22. The number of rotatable bonds is 8. The molecule has 0 fully saturated rings. The molecule has 0 spiro atoms. The minimum absolute atomic E-state index is 0.264. The van der Waals surface area contributed by atoms with Crippen LogP contribution in [0.15, 0.2) is 66.7 Å². The van der Waals surface area contributed by atoms with E-state index in [9.17, 15) is 19.2 Å². The summed E-state index contributed by atoms with van der Waals surface area (Å²) < 4.78 is 4.89. The Bertz CT molecular complexity index is 1470. The van der Waals surface area contributed by atoms with Crippen molar-refractivity contribution in [3.8, 4) is 0 Å². The summed E-state index contributed by atoms with van der Waals surface area (Å²) in [5, 5.41) is 3.90. The summed E-state index contributed by atoms with van der Waals surface area (Å²) in [6, 6.07) is 19.1. The molecule has 0 radical (unpaired) electrons. The molecule has 200 valence electrons. The lowest BCUT2D eigenvalue weighted by Gasteiger charge is -2.16. The SMILES string of the molecule is COC(=O)c1cc2c(cc1C)/C(=C(/Nc1ccc(C(=O)NOCCBr)cc1)c1ccccc1)C(=O)N2C(C)=O. The molecule has 4 rings (SSSR count). The first kappa shape index (κ1) is 27.7. The quantitative estimate of drug-likeness (QED) is 0.128. The zero-order valence-electron chi connectivity index (χ0n) is 21.5. The van der Waals surface area contributed by atoms with Crippen LogP contribution < -0.4 is 15.7 Å². The smallest absolute Gasteiger partial charge is 0.338 e. The van der Waals surface area contributed by atoms with Gasteiger partial charge in [-0.15, -0.1) is 0 Å². The minimum atomic E-state index is -0.563. The van der Waals surface area contributed by atoms with E-state index in [-0.39, 0.29) is 11.1 Å². The molecular weight excluding hydrogens is 566 g/mol. The first-order valence-electron chi connectivity index (χ1n) is 12.0. The van der Waals surface area contributed by atoms with Crippen molar-refractivity contribution in [2.24, 2.45) is 0 Å². The number of halogens is 1. The highest BCUT2D eigenvalue weighted by atomic mass is 79.9. The predicted octanol–water partition coefficient (Wildman–Crippen LogP) is 4.71. The number of ether oxygens (including phenoxy) is 1. The fourth-order valence-corrected chi connectivity index (χ4v) is 4.41. The molecule has 0 saturated heterocycles. The van der Waals surface area contributed by atoms with Crippen molar-refractivity contribution in [1.82, 2.24) is 5.48 Å². The molecule has 39 heavy (non-hydrogen) atoms. The van der Waals surface area contributed by atoms with Gasteiger partial charge in [0.25, 0.3) is 11.8 Å². The van der Waals surface area contributed by atoms with Crippen molar-refractivity contribution in [1.29, 1.82) is 0 Å². The van der Waals surface area contributed by atoms with Crippen LogP contribution in [0.2, 0.25) is 0 Å². The van der Waals surface area contributed by atoms with Crippen molar-refractivity contribution in [2.45, 2.75) is 13.8 Å². The second-order valence-corrected chi connectivity index (χ2v) is 9.42. The van der Waals surface area contributed by atoms with E-state index in [1.54, 1.807) is 37.3 Å². The molecule has 0 saturated carbocycles. The molecule has 10 heteroatoms. The fraction of sp³-hybridized carbons (Fsp3) is 0.172. The highest BCUT2D eigenvalue weighted by molar-refractivity contribution is 9.09. The maximum absolute atomic E-state index is 13.8. The monoisotopic (exact) mass is 591 g/mol. The lowest BCUT2D eigenvalue weighted by atomic mass is 9.96. The van der Waals surface area contributed by atoms with Crippen molar-refractivity contribution >= 4 is 62.3 Å². The predicted molar refractivity (Wildman–Crippen MR) is 151 cm³/mol. The zero-order chi connectivity index (χ0) is 28.1. The molecular formula is C29H26BrN3O6. The Hall–Kier alpha value is -4.28. The fourth-order valence-electron chi connectivity index (χ4n) is 4.25. The van der Waals surface area contributed by atoms with Crippen LogP contribution in [0, 0.1) is 6.92 Å². The molecule has 3 amide bonds. The van der Waals surface area contributed by atoms with Crippen molar-refractivity contribution in [3.63, 3.8) is 0 Å². The third-order valence-corrected chi connectivity index (χ3v) is 6.39. The number of anilines is 2. The second-order valence-electron chi connectivity index (χ2n) is 8.62. The molecule has 0 unspecified atom stereocenters. The average Bonchev–Trinajstić information content (AvgIpc) is 3.22. The van der Waals surface area contributed by atoms with Gasteiger partial charge < -0.3 is 10.1 Å². The molecule has 1 aliphatic heterocycles. The number of alkyl halides is 1. The lowest BCUT2D eigenvalue weighted by Crippen LogP contribution is -2.31. The lowest BCUT2D eigenvalue weighted by molar-refractivity contribution is -0.122. The van der Waals surface area contributed by atoms with Crippen LogP contribution in [0.25, 0.3) is 11.3 Å². The van der Waals surface area contributed by atoms with Gasteiger partial charge in [-0.05, 0) is 54.4 Å². The van der Waals surface area contributed by atoms with Gasteiger partial charge in [0.1, 0.15) is 0 Å². The maximum Gasteiger partial charge on any atom is 0.338 e. The van der Waals surface area contributed by atoms with Crippen LogP contribution in [0.5, 0.6) is 0 Å². The van der Waals surface area contributed by atoms with Crippen LogP contribution in [0.3, 0.4) is 0 Å². The van der Waals surface area contributed by atoms with Gasteiger partial charge >= 0.3 is 5.97 Å². The first-order chi connectivity index (χ1) is 18.8. The zero-order valence-corrected chi connectivity index (χ0v) is 23.1. The van der Waals surface area contributed by atoms with Crippen LogP contribution >= 0.6 is 15.9 Å². The summed E-state index contributed by atoms with van der Waals surface area (Å²) in [5.74, 6) is -1.96. The largest absolute Gasteiger partial charge is 0.465 e. The van der Waals surface area contributed by atoms with E-state index in [4.69, 9.17) is 9.57 Å². The highest BCUT2D eigenvalue weighted by Gasteiger charge is 2.38. The van der Waals surface area contributed by atoms with Gasteiger partial charge in [0.2, 0.25) is 5.91 Å². The maximum atomic E-state index is 13.8. The summed E-state index contributed by atoms with van der Waals surface area (Å²) in [7, 11) is 1.27. The van der Waals surface area contributed by atoms with Gasteiger partial charge in [-0.2, -0.15) is 0 Å². The van der Waals surface area contributed by atoms with Crippen LogP contribution in [0.4, 0.5) is 11.4 Å². The molecule has 0 bridgehead atoms. The van der Waals surface area contributed by atoms with Crippen LogP contribution in [0.1, 0.15) is 44.3 Å². The summed E-state index contributed by atoms with van der Waals surface area (Å²) in [6.07, 6.45) is 0. The number of hydrogen-bond acceptors (Lipinski definition) is 7. The van der Waals surface area contributed by atoms with E-state index >= 15 is 0 Å². The Balaban J connectivity index is 1.82. The number of aryl methyl sites for hydroxylation is 1. The van der Waals surface area contributed by atoms with E-state index < -0.39 is 23.7 Å². The number of carbonyl (C=O) groups excluding carboxylic acids is 4. The van der Waals surface area contributed by atoms with Crippen LogP contribution in [-0.2, 0) is 19.2 Å². The van der Waals surface area contributed by atoms with Gasteiger partial charge in [0, 0.05) is 29.1 Å². The molecule has 0 aliphatic carbocycles. The van der Waals surface area contributed by atoms with E-state index in [0.29, 0.717) is 51.3 Å². The molecule has 3 aromatic rings. The Morgan fingerprint density at radius 1 is 0.974 bits per heavy atom. The van der Waals surface area contributed by atoms with E-state index in [1.807, 2.05) is 30.3 Å². The number of methoxy groups -OCH3 is 1. The first-order valence-corrected chi connectivity index (χ1v) is 13.1. The molecule has 3 aromatic carbocycles. The molecule has 1 heterocycles. The topological polar surface area (TPSA) is 114 Å². The normalized spacial score (nSPS) is 13.5. The van der Waals surface area contributed by atoms with Gasteiger partial charge in [-0.1, -0.05) is 46.3 Å². The van der Waals surface area contributed by atoms with E-state index in [0.717, 1.165) is 4.90 Å². The minimum Gasteiger partial charge on any atom is -0.465 e. The third-order valence-electron chi connectivity index (χ3n) is 6.06. The number of carbonyl (C=O) groups is 4. The third kappa shape index (κ3) is 5.76. The van der Waals surface area contributed by atoms with Gasteiger partial charge in [0.05, 0.1) is 36.2 Å². The molecule has 0 aromatic heterocycles.